The predicted molar refractivity (Wildman–Crippen MR) is 63.8 cm³/mol. The number of fused-ring (bicyclic) bond motifs is 1. The van der Waals surface area contributed by atoms with E-state index in [0.29, 0.717) is 14.2 Å². The topological polar surface area (TPSA) is 68.0 Å². The minimum Gasteiger partial charge on any atom is -0.805 e. The summed E-state index contributed by atoms with van der Waals surface area (Å²) >= 11 is 5.77. The zero-order valence-corrected chi connectivity index (χ0v) is 9.99. The molecule has 0 radical (unpaired) electrons. The van der Waals surface area contributed by atoms with Crippen LogP contribution in [0.1, 0.15) is 23.1 Å². The van der Waals surface area contributed by atoms with Gasteiger partial charge in [0.1, 0.15) is 5.52 Å². The van der Waals surface area contributed by atoms with Gasteiger partial charge in [-0.15, -0.1) is 0 Å². The second-order valence-electron chi connectivity index (χ2n) is 3.71. The first-order valence-electron chi connectivity index (χ1n) is 4.89. The molecule has 0 saturated carbocycles. The van der Waals surface area contributed by atoms with Gasteiger partial charge in [-0.05, 0) is 19.1 Å². The van der Waals surface area contributed by atoms with Crippen LogP contribution in [0.3, 0.4) is 0 Å². The van der Waals surface area contributed by atoms with Crippen molar-refractivity contribution in [3.05, 3.63) is 44.7 Å². The van der Waals surface area contributed by atoms with Gasteiger partial charge in [-0.25, -0.2) is 0 Å². The molecule has 0 unspecified atom stereocenters. The molecule has 0 atom stereocenters. The summed E-state index contributed by atoms with van der Waals surface area (Å²) in [5, 5.41) is 12.2. The second kappa shape index (κ2) is 3.85. The fourth-order valence-corrected chi connectivity index (χ4v) is 1.94. The maximum atomic E-state index is 12.0. The van der Waals surface area contributed by atoms with Crippen LogP contribution < -0.4 is 4.43 Å². The number of hydrogen-bond acceptors (Lipinski definition) is 3. The lowest BCUT2D eigenvalue weighted by Gasteiger charge is -2.15. The third-order valence-corrected chi connectivity index (χ3v) is 2.79. The quantitative estimate of drug-likeness (QED) is 0.576. The Bertz CT molecular complexity index is 691. The molecule has 2 rings (SSSR count). The Morgan fingerprint density at radius 3 is 2.71 bits per heavy atom. The highest BCUT2D eigenvalue weighted by Gasteiger charge is 2.23. The molecule has 1 aromatic carbocycles. The third kappa shape index (κ3) is 1.68. The molecule has 0 aliphatic heterocycles. The minimum atomic E-state index is -0.455. The van der Waals surface area contributed by atoms with E-state index in [1.165, 1.54) is 32.0 Å². The van der Waals surface area contributed by atoms with Crippen molar-refractivity contribution in [3.63, 3.8) is 0 Å². The van der Waals surface area contributed by atoms with Crippen LogP contribution in [0.25, 0.3) is 11.0 Å². The van der Waals surface area contributed by atoms with E-state index in [2.05, 4.69) is 0 Å². The Morgan fingerprint density at radius 2 is 2.12 bits per heavy atom. The van der Waals surface area contributed by atoms with Crippen molar-refractivity contribution >= 4 is 28.4 Å². The summed E-state index contributed by atoms with van der Waals surface area (Å²) in [6, 6.07) is 4.34. The van der Waals surface area contributed by atoms with Crippen molar-refractivity contribution in [3.8, 4) is 0 Å². The molecule has 5 nitrogen and oxygen atoms in total. The molecule has 17 heavy (non-hydrogen) atoms. The number of carbonyl (C=O) groups is 1. The van der Waals surface area contributed by atoms with Crippen LogP contribution in [0, 0.1) is 17.0 Å². The number of hydrogen-bond donors (Lipinski definition) is 0. The van der Waals surface area contributed by atoms with Crippen LogP contribution in [0.5, 0.6) is 0 Å². The zero-order chi connectivity index (χ0) is 12.7. The molecule has 2 aromatic rings. The molecule has 0 N–H and O–H groups in total. The van der Waals surface area contributed by atoms with Gasteiger partial charge in [0.25, 0.3) is 5.52 Å². The van der Waals surface area contributed by atoms with Crippen LogP contribution in [-0.2, 0) is 0 Å². The normalized spacial score (nSPS) is 10.8. The lowest BCUT2D eigenvalue weighted by Crippen LogP contribution is -2.29. The smallest absolute Gasteiger partial charge is 0.324 e. The first-order chi connectivity index (χ1) is 7.93. The molecule has 0 amide bonds. The molecule has 0 aliphatic rings. The molecular weight excluding hydrogens is 244 g/mol. The summed E-state index contributed by atoms with van der Waals surface area (Å²) in [6.07, 6.45) is 0. The van der Waals surface area contributed by atoms with E-state index in [-0.39, 0.29) is 22.4 Å². The summed E-state index contributed by atoms with van der Waals surface area (Å²) in [5.74, 6) is -0.455. The van der Waals surface area contributed by atoms with E-state index in [1.54, 1.807) is 0 Å². The fourth-order valence-electron chi connectivity index (χ4n) is 1.77. The number of benzene rings is 1. The molecule has 0 fully saturated rings. The van der Waals surface area contributed by atoms with Gasteiger partial charge >= 0.3 is 5.69 Å². The maximum absolute atomic E-state index is 12.0. The largest absolute Gasteiger partial charge is 0.805 e. The molecule has 0 saturated heterocycles. The van der Waals surface area contributed by atoms with Gasteiger partial charge in [0.05, 0.1) is 10.1 Å². The molecular formula is C11H9ClN2O3. The maximum Gasteiger partial charge on any atom is 0.324 e. The van der Waals surface area contributed by atoms with Gasteiger partial charge in [-0.2, -0.15) is 0 Å². The summed E-state index contributed by atoms with van der Waals surface area (Å²) in [7, 11) is 0. The van der Waals surface area contributed by atoms with E-state index < -0.39 is 5.78 Å². The van der Waals surface area contributed by atoms with Crippen molar-refractivity contribution in [2.75, 3.05) is 0 Å². The van der Waals surface area contributed by atoms with Crippen LogP contribution in [0.4, 0.5) is 0 Å². The Kier molecular flexibility index (Phi) is 2.63. The van der Waals surface area contributed by atoms with E-state index in [1.807, 2.05) is 0 Å². The van der Waals surface area contributed by atoms with E-state index in [0.717, 1.165) is 0 Å². The van der Waals surface area contributed by atoms with Gasteiger partial charge in [0.2, 0.25) is 5.78 Å². The number of halogens is 1. The van der Waals surface area contributed by atoms with Gasteiger partial charge in [-0.1, -0.05) is 11.6 Å². The van der Waals surface area contributed by atoms with Gasteiger partial charge in [0, 0.05) is 22.9 Å². The van der Waals surface area contributed by atoms with Crippen LogP contribution in [0.2, 0.25) is 5.02 Å². The summed E-state index contributed by atoms with van der Waals surface area (Å²) in [5.41, 5.74) is 0.201. The van der Waals surface area contributed by atoms with Crippen LogP contribution in [-0.4, -0.2) is 10.5 Å². The van der Waals surface area contributed by atoms with Crippen LogP contribution in [0.15, 0.2) is 18.2 Å². The lowest BCUT2D eigenvalue weighted by atomic mass is 10.2. The number of ketones is 1. The number of nitrogens with zero attached hydrogens (tertiary/aromatic N) is 2. The Hall–Kier alpha value is -1.88. The number of aromatic nitrogens is 2. The first-order valence-corrected chi connectivity index (χ1v) is 5.27. The van der Waals surface area contributed by atoms with Crippen LogP contribution >= 0.6 is 11.6 Å². The highest BCUT2D eigenvalue weighted by molar-refractivity contribution is 6.31. The van der Waals surface area contributed by atoms with E-state index in [4.69, 9.17) is 11.6 Å². The molecule has 88 valence electrons. The van der Waals surface area contributed by atoms with Gasteiger partial charge < -0.3 is 9.94 Å². The number of Topliss-reactive ketones (excluding diaryl/α,β-unsaturated/α-hetero) is 1. The number of carbonyl (C=O) groups excluding carboxylic acids is 1. The molecule has 0 bridgehead atoms. The lowest BCUT2D eigenvalue weighted by molar-refractivity contribution is -0.468. The van der Waals surface area contributed by atoms with E-state index in [9.17, 15) is 14.9 Å². The Morgan fingerprint density at radius 1 is 1.47 bits per heavy atom. The van der Waals surface area contributed by atoms with Gasteiger partial charge in [-0.3, -0.25) is 4.79 Å². The van der Waals surface area contributed by atoms with E-state index >= 15 is 0 Å². The first kappa shape index (κ1) is 11.6. The molecule has 1 aromatic heterocycles. The monoisotopic (exact) mass is 252 g/mol. The molecule has 0 spiro atoms. The average molecular weight is 253 g/mol. The van der Waals surface area contributed by atoms with Gasteiger partial charge in [0.15, 0.2) is 0 Å². The van der Waals surface area contributed by atoms with Crippen molar-refractivity contribution in [2.24, 2.45) is 0 Å². The fraction of sp³-hybridized carbons (Fsp3) is 0.182. The molecule has 1 heterocycles. The summed E-state index contributed by atoms with van der Waals surface area (Å²) in [4.78, 5) is 23.3. The standard InChI is InChI=1S/C11H9ClN2O3/c1-6-11(7(2)15)14(17)10-5-8(12)3-4-9(10)13(6)16/h3-5H,1-2H3. The average Bonchev–Trinajstić information content (AvgIpc) is 2.26. The minimum absolute atomic E-state index is 0.0855. The van der Waals surface area contributed by atoms with Crippen molar-refractivity contribution in [1.29, 1.82) is 0 Å². The number of rotatable bonds is 1. The summed E-state index contributed by atoms with van der Waals surface area (Å²) < 4.78 is 1.02. The molecule has 6 heteroatoms. The highest BCUT2D eigenvalue weighted by atomic mass is 35.5. The SMILES string of the molecule is CC(=O)c1c(C)n([O-])c2ccc(Cl)cc2[n+]1=O. The van der Waals surface area contributed by atoms with Crippen molar-refractivity contribution in [1.82, 2.24) is 4.73 Å². The Labute approximate surface area is 101 Å². The predicted octanol–water partition coefficient (Wildman–Crippen LogP) is 2.07. The third-order valence-electron chi connectivity index (χ3n) is 2.56. The zero-order valence-electron chi connectivity index (χ0n) is 9.23. The second-order valence-corrected chi connectivity index (χ2v) is 4.15. The summed E-state index contributed by atoms with van der Waals surface area (Å²) in [6.45, 7) is 2.68. The molecule has 0 aliphatic carbocycles. The van der Waals surface area contributed by atoms with Crippen molar-refractivity contribution < 1.29 is 9.22 Å². The Balaban J connectivity index is 3.06. The van der Waals surface area contributed by atoms with Crippen molar-refractivity contribution in [2.45, 2.75) is 13.8 Å². The highest BCUT2D eigenvalue weighted by Crippen LogP contribution is 2.18.